The summed E-state index contributed by atoms with van der Waals surface area (Å²) in [6, 6.07) is 17.4. The number of halogens is 1. The number of hydrogen-bond acceptors (Lipinski definition) is 3. The molecule has 0 spiro atoms. The lowest BCUT2D eigenvalue weighted by Crippen LogP contribution is -2.34. The van der Waals surface area contributed by atoms with Gasteiger partial charge in [0.2, 0.25) is 5.91 Å². The molecule has 24 heavy (non-hydrogen) atoms. The molecular weight excluding hydrogens is 366 g/mol. The summed E-state index contributed by atoms with van der Waals surface area (Å²) in [5.74, 6) is -1.00. The van der Waals surface area contributed by atoms with Crippen LogP contribution in [0.3, 0.4) is 0 Å². The predicted molar refractivity (Wildman–Crippen MR) is 97.0 cm³/mol. The van der Waals surface area contributed by atoms with Gasteiger partial charge in [0.25, 0.3) is 0 Å². The van der Waals surface area contributed by atoms with Crippen LogP contribution < -0.4 is 5.32 Å². The number of nitrogens with zero attached hydrogens (tertiary/aromatic N) is 2. The first-order valence-electron chi connectivity index (χ1n) is 8.00. The van der Waals surface area contributed by atoms with Gasteiger partial charge in [-0.05, 0) is 40.0 Å². The molecule has 4 nitrogen and oxygen atoms in total. The molecular formula is C19H20BrN3O. The number of benzene rings is 1. The van der Waals surface area contributed by atoms with Gasteiger partial charge < -0.3 is 5.32 Å². The molecule has 0 saturated carbocycles. The van der Waals surface area contributed by atoms with Crippen molar-refractivity contribution < 1.29 is 4.79 Å². The van der Waals surface area contributed by atoms with Gasteiger partial charge in [0, 0.05) is 12.1 Å². The molecule has 0 radical (unpaired) electrons. The standard InChI is InChI=1S/C19H20BrN3O/c1-2-7-17(14-8-4-3-5-9-14)23-19(24)15(13-21)12-16-10-6-11-18(20)22-16/h3-6,8-11,15,17H,2,7,12H2,1H3,(H,23,24)/t15?,17-/m0/s1. The van der Waals surface area contributed by atoms with Gasteiger partial charge in [-0.25, -0.2) is 4.98 Å². The Kier molecular flexibility index (Phi) is 6.95. The number of nitrogens with one attached hydrogen (secondary N) is 1. The molecule has 0 aliphatic rings. The molecule has 1 unspecified atom stereocenters. The van der Waals surface area contributed by atoms with E-state index in [0.29, 0.717) is 11.0 Å². The maximum Gasteiger partial charge on any atom is 0.238 e. The highest BCUT2D eigenvalue weighted by atomic mass is 79.9. The SMILES string of the molecule is CCC[C@H](NC(=O)C(C#N)Cc1cccc(Br)n1)c1ccccc1. The highest BCUT2D eigenvalue weighted by Gasteiger charge is 2.22. The Morgan fingerprint density at radius 3 is 2.62 bits per heavy atom. The normalized spacial score (nSPS) is 12.9. The van der Waals surface area contributed by atoms with Gasteiger partial charge in [-0.3, -0.25) is 4.79 Å². The third kappa shape index (κ3) is 5.17. The number of nitriles is 1. The number of carbonyl (C=O) groups is 1. The van der Waals surface area contributed by atoms with Crippen LogP contribution in [0.5, 0.6) is 0 Å². The number of aromatic nitrogens is 1. The van der Waals surface area contributed by atoms with E-state index in [4.69, 9.17) is 0 Å². The van der Waals surface area contributed by atoms with Gasteiger partial charge >= 0.3 is 0 Å². The number of rotatable bonds is 7. The molecule has 1 N–H and O–H groups in total. The minimum atomic E-state index is -0.755. The van der Waals surface area contributed by atoms with Crippen molar-refractivity contribution in [1.29, 1.82) is 5.26 Å². The van der Waals surface area contributed by atoms with Crippen LogP contribution in [-0.4, -0.2) is 10.9 Å². The average molecular weight is 386 g/mol. The fourth-order valence-electron chi connectivity index (χ4n) is 2.54. The van der Waals surface area contributed by atoms with E-state index in [-0.39, 0.29) is 11.9 Å². The highest BCUT2D eigenvalue weighted by molar-refractivity contribution is 9.10. The molecule has 1 aromatic carbocycles. The fourth-order valence-corrected chi connectivity index (χ4v) is 2.92. The Morgan fingerprint density at radius 1 is 1.25 bits per heavy atom. The molecule has 0 aliphatic carbocycles. The Morgan fingerprint density at radius 2 is 2.00 bits per heavy atom. The largest absolute Gasteiger partial charge is 0.348 e. The summed E-state index contributed by atoms with van der Waals surface area (Å²) in [6.45, 7) is 2.08. The zero-order valence-electron chi connectivity index (χ0n) is 13.6. The maximum absolute atomic E-state index is 12.5. The lowest BCUT2D eigenvalue weighted by molar-refractivity contribution is -0.124. The van der Waals surface area contributed by atoms with Gasteiger partial charge in [-0.15, -0.1) is 0 Å². The van der Waals surface area contributed by atoms with Gasteiger partial charge in [-0.1, -0.05) is 49.7 Å². The maximum atomic E-state index is 12.5. The number of carbonyl (C=O) groups excluding carboxylic acids is 1. The third-order valence-electron chi connectivity index (χ3n) is 3.75. The van der Waals surface area contributed by atoms with Crippen molar-refractivity contribution in [2.75, 3.05) is 0 Å². The van der Waals surface area contributed by atoms with E-state index in [0.717, 1.165) is 24.1 Å². The van der Waals surface area contributed by atoms with E-state index in [1.165, 1.54) is 0 Å². The second-order valence-electron chi connectivity index (χ2n) is 5.60. The topological polar surface area (TPSA) is 65.8 Å². The molecule has 0 saturated heterocycles. The molecule has 2 aromatic rings. The monoisotopic (exact) mass is 385 g/mol. The number of hydrogen-bond donors (Lipinski definition) is 1. The van der Waals surface area contributed by atoms with Crippen LogP contribution in [0.25, 0.3) is 0 Å². The smallest absolute Gasteiger partial charge is 0.238 e. The summed E-state index contributed by atoms with van der Waals surface area (Å²) in [4.78, 5) is 16.9. The summed E-state index contributed by atoms with van der Waals surface area (Å²) >= 11 is 3.31. The van der Waals surface area contributed by atoms with Crippen molar-refractivity contribution in [3.05, 3.63) is 64.4 Å². The third-order valence-corrected chi connectivity index (χ3v) is 4.20. The first kappa shape index (κ1) is 18.2. The van der Waals surface area contributed by atoms with E-state index >= 15 is 0 Å². The Bertz CT molecular complexity index is 712. The van der Waals surface area contributed by atoms with Crippen LogP contribution in [0.2, 0.25) is 0 Å². The summed E-state index contributed by atoms with van der Waals surface area (Å²) in [6.07, 6.45) is 2.09. The molecule has 0 fully saturated rings. The Labute approximate surface area is 151 Å². The molecule has 1 amide bonds. The first-order chi connectivity index (χ1) is 11.6. The van der Waals surface area contributed by atoms with Crippen LogP contribution in [0.1, 0.15) is 37.1 Å². The average Bonchev–Trinajstić information content (AvgIpc) is 2.60. The van der Waals surface area contributed by atoms with Crippen molar-refractivity contribution in [3.8, 4) is 6.07 Å². The second-order valence-corrected chi connectivity index (χ2v) is 6.41. The Hall–Kier alpha value is -2.19. The second kappa shape index (κ2) is 9.19. The zero-order valence-corrected chi connectivity index (χ0v) is 15.2. The predicted octanol–water partition coefficient (Wildman–Crippen LogP) is 4.18. The highest BCUT2D eigenvalue weighted by Crippen LogP contribution is 2.19. The lowest BCUT2D eigenvalue weighted by atomic mass is 9.99. The van der Waals surface area contributed by atoms with Gasteiger partial charge in [0.1, 0.15) is 10.5 Å². The van der Waals surface area contributed by atoms with Crippen molar-refractivity contribution in [1.82, 2.24) is 10.3 Å². The van der Waals surface area contributed by atoms with Gasteiger partial charge in [0.15, 0.2) is 0 Å². The quantitative estimate of drug-likeness (QED) is 0.726. The van der Waals surface area contributed by atoms with E-state index in [1.807, 2.05) is 48.5 Å². The van der Waals surface area contributed by atoms with Crippen molar-refractivity contribution in [3.63, 3.8) is 0 Å². The molecule has 124 valence electrons. The zero-order chi connectivity index (χ0) is 17.4. The molecule has 2 rings (SSSR count). The van der Waals surface area contributed by atoms with E-state index in [2.05, 4.69) is 39.2 Å². The molecule has 1 heterocycles. The van der Waals surface area contributed by atoms with Crippen LogP contribution in [0, 0.1) is 17.2 Å². The van der Waals surface area contributed by atoms with E-state index in [9.17, 15) is 10.1 Å². The van der Waals surface area contributed by atoms with Crippen molar-refractivity contribution in [2.45, 2.75) is 32.2 Å². The molecule has 0 aliphatic heterocycles. The molecule has 2 atom stereocenters. The van der Waals surface area contributed by atoms with Crippen molar-refractivity contribution in [2.24, 2.45) is 5.92 Å². The van der Waals surface area contributed by atoms with Gasteiger partial charge in [0.05, 0.1) is 12.1 Å². The summed E-state index contributed by atoms with van der Waals surface area (Å²) < 4.78 is 0.699. The summed E-state index contributed by atoms with van der Waals surface area (Å²) in [5, 5.41) is 12.4. The molecule has 0 bridgehead atoms. The summed E-state index contributed by atoms with van der Waals surface area (Å²) in [7, 11) is 0. The van der Waals surface area contributed by atoms with E-state index < -0.39 is 5.92 Å². The Balaban J connectivity index is 2.08. The molecule has 5 heteroatoms. The van der Waals surface area contributed by atoms with Gasteiger partial charge in [-0.2, -0.15) is 5.26 Å². The van der Waals surface area contributed by atoms with Crippen LogP contribution in [0.4, 0.5) is 0 Å². The lowest BCUT2D eigenvalue weighted by Gasteiger charge is -2.20. The molecule has 1 aromatic heterocycles. The minimum Gasteiger partial charge on any atom is -0.348 e. The van der Waals surface area contributed by atoms with Crippen LogP contribution in [0.15, 0.2) is 53.1 Å². The van der Waals surface area contributed by atoms with E-state index in [1.54, 1.807) is 0 Å². The summed E-state index contributed by atoms with van der Waals surface area (Å²) in [5.41, 5.74) is 1.78. The number of pyridine rings is 1. The van der Waals surface area contributed by atoms with Crippen molar-refractivity contribution >= 4 is 21.8 Å². The first-order valence-corrected chi connectivity index (χ1v) is 8.79. The fraction of sp³-hybridized carbons (Fsp3) is 0.316. The minimum absolute atomic E-state index is 0.0741. The van der Waals surface area contributed by atoms with Crippen LogP contribution >= 0.6 is 15.9 Å². The number of amides is 1. The van der Waals surface area contributed by atoms with Crippen LogP contribution in [-0.2, 0) is 11.2 Å².